The smallest absolute Gasteiger partial charge is 0.339 e. The molecule has 0 amide bonds. The number of halogens is 5. The van der Waals surface area contributed by atoms with Crippen LogP contribution in [0.1, 0.15) is 11.1 Å². The lowest BCUT2D eigenvalue weighted by Crippen LogP contribution is -2.06. The molecule has 0 atom stereocenters. The van der Waals surface area contributed by atoms with E-state index in [2.05, 4.69) is 15.3 Å². The zero-order valence-corrected chi connectivity index (χ0v) is 11.6. The van der Waals surface area contributed by atoms with Gasteiger partial charge in [0.25, 0.3) is 0 Å². The normalized spacial score (nSPS) is 11.5. The van der Waals surface area contributed by atoms with Crippen molar-refractivity contribution in [2.24, 2.45) is 0 Å². The first-order valence-electron chi connectivity index (χ1n) is 5.40. The van der Waals surface area contributed by atoms with Crippen molar-refractivity contribution >= 4 is 34.7 Å². The molecular weight excluding hydrogens is 314 g/mol. The van der Waals surface area contributed by atoms with E-state index in [-0.39, 0.29) is 21.8 Å². The molecule has 0 fully saturated rings. The van der Waals surface area contributed by atoms with Crippen LogP contribution in [-0.2, 0) is 6.18 Å². The van der Waals surface area contributed by atoms with Crippen LogP contribution in [0.3, 0.4) is 0 Å². The number of aromatic nitrogens is 2. The van der Waals surface area contributed by atoms with E-state index in [1.54, 1.807) is 6.92 Å². The first-order valence-corrected chi connectivity index (χ1v) is 6.16. The molecular formula is C12H8Cl2F3N3. The number of nitrogens with zero attached hydrogens (tertiary/aromatic N) is 2. The molecule has 1 aromatic carbocycles. The molecule has 2 aromatic rings. The van der Waals surface area contributed by atoms with Crippen LogP contribution in [-0.4, -0.2) is 9.97 Å². The van der Waals surface area contributed by atoms with Gasteiger partial charge in [-0.2, -0.15) is 18.2 Å². The van der Waals surface area contributed by atoms with Gasteiger partial charge in [-0.25, -0.2) is 4.98 Å². The van der Waals surface area contributed by atoms with E-state index in [1.807, 2.05) is 0 Å². The fourth-order valence-corrected chi connectivity index (χ4v) is 1.77. The third-order valence-electron chi connectivity index (χ3n) is 2.53. The van der Waals surface area contributed by atoms with E-state index in [1.165, 1.54) is 12.3 Å². The highest BCUT2D eigenvalue weighted by atomic mass is 35.5. The van der Waals surface area contributed by atoms with Gasteiger partial charge >= 0.3 is 6.18 Å². The summed E-state index contributed by atoms with van der Waals surface area (Å²) >= 11 is 11.5. The van der Waals surface area contributed by atoms with E-state index < -0.39 is 11.7 Å². The van der Waals surface area contributed by atoms with Gasteiger partial charge in [0, 0.05) is 5.69 Å². The van der Waals surface area contributed by atoms with E-state index in [0.717, 1.165) is 12.1 Å². The molecule has 1 aromatic heterocycles. The van der Waals surface area contributed by atoms with Crippen molar-refractivity contribution < 1.29 is 13.2 Å². The lowest BCUT2D eigenvalue weighted by atomic mass is 10.1. The minimum Gasteiger partial charge on any atom is -0.339 e. The first kappa shape index (κ1) is 14.9. The Morgan fingerprint density at radius 3 is 2.55 bits per heavy atom. The SMILES string of the molecule is Cc1ccc(C(F)(F)F)cc1Nc1nc(Cl)ncc1Cl. The van der Waals surface area contributed by atoms with Crippen molar-refractivity contribution in [3.05, 3.63) is 45.8 Å². The number of aryl methyl sites for hydroxylation is 1. The molecule has 0 aliphatic heterocycles. The average Bonchev–Trinajstić information content (AvgIpc) is 2.35. The van der Waals surface area contributed by atoms with Crippen molar-refractivity contribution in [2.45, 2.75) is 13.1 Å². The third-order valence-corrected chi connectivity index (χ3v) is 2.99. The maximum atomic E-state index is 12.7. The van der Waals surface area contributed by atoms with Crippen LogP contribution in [0.15, 0.2) is 24.4 Å². The van der Waals surface area contributed by atoms with E-state index >= 15 is 0 Å². The van der Waals surface area contributed by atoms with E-state index in [9.17, 15) is 13.2 Å². The van der Waals surface area contributed by atoms with Gasteiger partial charge in [0.1, 0.15) is 5.02 Å². The summed E-state index contributed by atoms with van der Waals surface area (Å²) in [6, 6.07) is 3.36. The highest BCUT2D eigenvalue weighted by Crippen LogP contribution is 2.33. The van der Waals surface area contributed by atoms with Crippen LogP contribution in [0.2, 0.25) is 10.3 Å². The second-order valence-corrected chi connectivity index (χ2v) is 4.73. The number of benzene rings is 1. The van der Waals surface area contributed by atoms with Crippen molar-refractivity contribution in [3.63, 3.8) is 0 Å². The Morgan fingerprint density at radius 2 is 1.90 bits per heavy atom. The lowest BCUT2D eigenvalue weighted by molar-refractivity contribution is -0.137. The van der Waals surface area contributed by atoms with Gasteiger partial charge in [-0.1, -0.05) is 17.7 Å². The van der Waals surface area contributed by atoms with Crippen LogP contribution in [0.5, 0.6) is 0 Å². The van der Waals surface area contributed by atoms with Crippen molar-refractivity contribution in [1.29, 1.82) is 0 Å². The molecule has 0 aliphatic rings. The maximum absolute atomic E-state index is 12.7. The Labute approximate surface area is 122 Å². The molecule has 0 saturated heterocycles. The molecule has 2 rings (SSSR count). The Morgan fingerprint density at radius 1 is 1.20 bits per heavy atom. The number of nitrogens with one attached hydrogen (secondary N) is 1. The van der Waals surface area contributed by atoms with Gasteiger partial charge in [-0.05, 0) is 36.2 Å². The molecule has 8 heteroatoms. The van der Waals surface area contributed by atoms with Crippen LogP contribution in [0.25, 0.3) is 0 Å². The maximum Gasteiger partial charge on any atom is 0.416 e. The predicted octanol–water partition coefficient (Wildman–Crippen LogP) is 4.85. The van der Waals surface area contributed by atoms with E-state index in [0.29, 0.717) is 5.56 Å². The van der Waals surface area contributed by atoms with Gasteiger partial charge in [0.15, 0.2) is 5.82 Å². The quantitative estimate of drug-likeness (QED) is 0.803. The highest BCUT2D eigenvalue weighted by molar-refractivity contribution is 6.33. The predicted molar refractivity (Wildman–Crippen MR) is 71.5 cm³/mol. The molecule has 0 bridgehead atoms. The first-order chi connectivity index (χ1) is 9.27. The van der Waals surface area contributed by atoms with Crippen molar-refractivity contribution in [1.82, 2.24) is 9.97 Å². The van der Waals surface area contributed by atoms with Gasteiger partial charge in [0.05, 0.1) is 11.8 Å². The average molecular weight is 322 g/mol. The summed E-state index contributed by atoms with van der Waals surface area (Å²) in [4.78, 5) is 7.49. The summed E-state index contributed by atoms with van der Waals surface area (Å²) < 4.78 is 38.0. The monoisotopic (exact) mass is 321 g/mol. The van der Waals surface area contributed by atoms with Crippen LogP contribution >= 0.6 is 23.2 Å². The van der Waals surface area contributed by atoms with Gasteiger partial charge < -0.3 is 5.32 Å². The standard InChI is InChI=1S/C12H8Cl2F3N3/c1-6-2-3-7(12(15,16)17)4-9(6)19-10-8(13)5-18-11(14)20-10/h2-5H,1H3,(H,18,19,20). The molecule has 3 nitrogen and oxygen atoms in total. The summed E-state index contributed by atoms with van der Waals surface area (Å²) in [5, 5.41) is 2.83. The largest absolute Gasteiger partial charge is 0.416 e. The molecule has 106 valence electrons. The molecule has 0 spiro atoms. The number of alkyl halides is 3. The van der Waals surface area contributed by atoms with Crippen LogP contribution in [0.4, 0.5) is 24.7 Å². The molecule has 0 aliphatic carbocycles. The minimum absolute atomic E-state index is 0.0541. The molecule has 1 N–H and O–H groups in total. The number of hydrogen-bond acceptors (Lipinski definition) is 3. The summed E-state index contributed by atoms with van der Waals surface area (Å²) in [6.45, 7) is 1.67. The van der Waals surface area contributed by atoms with Gasteiger partial charge in [-0.3, -0.25) is 0 Å². The molecule has 0 radical (unpaired) electrons. The highest BCUT2D eigenvalue weighted by Gasteiger charge is 2.30. The Balaban J connectivity index is 2.40. The zero-order chi connectivity index (χ0) is 14.9. The second-order valence-electron chi connectivity index (χ2n) is 3.99. The third kappa shape index (κ3) is 3.32. The Hall–Kier alpha value is -1.53. The van der Waals surface area contributed by atoms with Crippen LogP contribution in [0, 0.1) is 6.92 Å². The number of anilines is 2. The Kier molecular flexibility index (Phi) is 4.06. The second kappa shape index (κ2) is 5.46. The summed E-state index contributed by atoms with van der Waals surface area (Å²) in [5.74, 6) is 0.147. The summed E-state index contributed by atoms with van der Waals surface area (Å²) in [6.07, 6.45) is -3.15. The van der Waals surface area contributed by atoms with Crippen molar-refractivity contribution in [3.8, 4) is 0 Å². The van der Waals surface area contributed by atoms with Crippen molar-refractivity contribution in [2.75, 3.05) is 5.32 Å². The summed E-state index contributed by atoms with van der Waals surface area (Å²) in [7, 11) is 0. The van der Waals surface area contributed by atoms with Gasteiger partial charge in [0.2, 0.25) is 5.28 Å². The minimum atomic E-state index is -4.42. The summed E-state index contributed by atoms with van der Waals surface area (Å²) in [5.41, 5.74) is 0.0992. The molecule has 0 unspecified atom stereocenters. The fraction of sp³-hybridized carbons (Fsp3) is 0.167. The van der Waals surface area contributed by atoms with Gasteiger partial charge in [-0.15, -0.1) is 0 Å². The molecule has 1 heterocycles. The Bertz CT molecular complexity index is 644. The molecule has 20 heavy (non-hydrogen) atoms. The number of hydrogen-bond donors (Lipinski definition) is 1. The number of rotatable bonds is 2. The molecule has 0 saturated carbocycles. The zero-order valence-electron chi connectivity index (χ0n) is 10.1. The topological polar surface area (TPSA) is 37.8 Å². The fourth-order valence-electron chi connectivity index (χ4n) is 1.49. The van der Waals surface area contributed by atoms with E-state index in [4.69, 9.17) is 23.2 Å². The van der Waals surface area contributed by atoms with Crippen LogP contribution < -0.4 is 5.32 Å². The lowest BCUT2D eigenvalue weighted by Gasteiger charge is -2.13.